The van der Waals surface area contributed by atoms with E-state index in [1.165, 1.54) is 5.56 Å². The van der Waals surface area contributed by atoms with Gasteiger partial charge in [0.2, 0.25) is 11.7 Å². The molecule has 7 heteroatoms. The Hall–Kier alpha value is -2.96. The zero-order valence-corrected chi connectivity index (χ0v) is 16.0. The average molecular weight is 369 g/mol. The summed E-state index contributed by atoms with van der Waals surface area (Å²) in [5, 5.41) is 7.82. The molecule has 0 amide bonds. The predicted molar refractivity (Wildman–Crippen MR) is 97.9 cm³/mol. The molecule has 142 valence electrons. The molecule has 2 heterocycles. The molecule has 3 rings (SSSR count). The first-order chi connectivity index (χ1) is 12.9. The first-order valence-electron chi connectivity index (χ1n) is 8.94. The highest BCUT2D eigenvalue weighted by Crippen LogP contribution is 2.21. The van der Waals surface area contributed by atoms with Crippen LogP contribution in [0.15, 0.2) is 33.3 Å². The van der Waals surface area contributed by atoms with Gasteiger partial charge in [-0.25, -0.2) is 0 Å². The van der Waals surface area contributed by atoms with E-state index in [1.54, 1.807) is 6.92 Å². The van der Waals surface area contributed by atoms with Gasteiger partial charge in [0.05, 0.1) is 17.7 Å². The first-order valence-corrected chi connectivity index (χ1v) is 8.94. The summed E-state index contributed by atoms with van der Waals surface area (Å²) in [5.74, 6) is 1.72. The lowest BCUT2D eigenvalue weighted by Crippen LogP contribution is -2.07. The Kier molecular flexibility index (Phi) is 5.69. The van der Waals surface area contributed by atoms with Crippen LogP contribution in [0.4, 0.5) is 0 Å². The number of carbonyl (C=O) groups excluding carboxylic acids is 1. The summed E-state index contributed by atoms with van der Waals surface area (Å²) in [7, 11) is 0. The number of hydrogen-bond donors (Lipinski definition) is 0. The maximum absolute atomic E-state index is 11.9. The fraction of sp³-hybridized carbons (Fsp3) is 0.400. The summed E-state index contributed by atoms with van der Waals surface area (Å²) in [6.45, 7) is 8.04. The highest BCUT2D eigenvalue weighted by atomic mass is 16.5. The van der Waals surface area contributed by atoms with Gasteiger partial charge in [0, 0.05) is 12.0 Å². The van der Waals surface area contributed by atoms with E-state index in [4.69, 9.17) is 13.8 Å². The van der Waals surface area contributed by atoms with Gasteiger partial charge in [-0.1, -0.05) is 48.4 Å². The standard InChI is InChI=1S/C20H23N3O4/c1-12(2)15-5-7-16(8-6-15)20-21-18(27-23-20)9-10-19(24)25-11-17-13(3)22-26-14(17)4/h5-8,12H,9-11H2,1-4H3. The third-order valence-electron chi connectivity index (χ3n) is 4.41. The van der Waals surface area contributed by atoms with Crippen molar-refractivity contribution in [3.8, 4) is 11.4 Å². The lowest BCUT2D eigenvalue weighted by Gasteiger charge is -2.04. The maximum atomic E-state index is 11.9. The molecule has 1 aromatic carbocycles. The molecular formula is C20H23N3O4. The Morgan fingerprint density at radius 1 is 1.11 bits per heavy atom. The monoisotopic (exact) mass is 369 g/mol. The van der Waals surface area contributed by atoms with E-state index in [1.807, 2.05) is 19.1 Å². The van der Waals surface area contributed by atoms with Gasteiger partial charge in [-0.05, 0) is 25.3 Å². The van der Waals surface area contributed by atoms with Crippen LogP contribution in [0.3, 0.4) is 0 Å². The third kappa shape index (κ3) is 4.61. The average Bonchev–Trinajstić information content (AvgIpc) is 3.25. The van der Waals surface area contributed by atoms with Crippen LogP contribution in [0.2, 0.25) is 0 Å². The molecule has 0 saturated carbocycles. The Morgan fingerprint density at radius 2 is 1.85 bits per heavy atom. The number of hydrogen-bond acceptors (Lipinski definition) is 7. The van der Waals surface area contributed by atoms with Crippen LogP contribution < -0.4 is 0 Å². The van der Waals surface area contributed by atoms with Crippen LogP contribution in [-0.4, -0.2) is 21.3 Å². The summed E-state index contributed by atoms with van der Waals surface area (Å²) in [6, 6.07) is 8.06. The van der Waals surface area contributed by atoms with Crippen LogP contribution in [0, 0.1) is 13.8 Å². The van der Waals surface area contributed by atoms with Crippen LogP contribution >= 0.6 is 0 Å². The van der Waals surface area contributed by atoms with E-state index in [0.717, 1.165) is 16.8 Å². The summed E-state index contributed by atoms with van der Waals surface area (Å²) < 4.78 is 15.6. The van der Waals surface area contributed by atoms with Crippen molar-refractivity contribution in [2.45, 2.75) is 53.1 Å². The van der Waals surface area contributed by atoms with E-state index >= 15 is 0 Å². The van der Waals surface area contributed by atoms with Gasteiger partial charge >= 0.3 is 5.97 Å². The fourth-order valence-corrected chi connectivity index (χ4v) is 2.63. The smallest absolute Gasteiger partial charge is 0.306 e. The van der Waals surface area contributed by atoms with Gasteiger partial charge in [0.1, 0.15) is 12.4 Å². The lowest BCUT2D eigenvalue weighted by atomic mass is 10.0. The molecule has 0 spiro atoms. The molecule has 0 aliphatic heterocycles. The van der Waals surface area contributed by atoms with Crippen molar-refractivity contribution in [3.05, 3.63) is 52.7 Å². The number of aromatic nitrogens is 3. The molecular weight excluding hydrogens is 346 g/mol. The van der Waals surface area contributed by atoms with Crippen LogP contribution in [0.5, 0.6) is 0 Å². The van der Waals surface area contributed by atoms with Crippen LogP contribution in [0.1, 0.15) is 54.7 Å². The van der Waals surface area contributed by atoms with Crippen molar-refractivity contribution in [1.82, 2.24) is 15.3 Å². The zero-order chi connectivity index (χ0) is 19.4. The summed E-state index contributed by atoms with van der Waals surface area (Å²) in [6.07, 6.45) is 0.495. The molecule has 0 fully saturated rings. The molecule has 0 bridgehead atoms. The van der Waals surface area contributed by atoms with Crippen LogP contribution in [-0.2, 0) is 22.6 Å². The molecule has 27 heavy (non-hydrogen) atoms. The van der Waals surface area contributed by atoms with Crippen molar-refractivity contribution < 1.29 is 18.6 Å². The Balaban J connectivity index is 1.52. The highest BCUT2D eigenvalue weighted by molar-refractivity contribution is 5.69. The van der Waals surface area contributed by atoms with Gasteiger partial charge < -0.3 is 13.8 Å². The summed E-state index contributed by atoms with van der Waals surface area (Å²) in [5.41, 5.74) is 3.66. The molecule has 2 aromatic heterocycles. The lowest BCUT2D eigenvalue weighted by molar-refractivity contribution is -0.145. The number of nitrogens with zero attached hydrogens (tertiary/aromatic N) is 3. The minimum Gasteiger partial charge on any atom is -0.461 e. The molecule has 0 atom stereocenters. The van der Waals surface area contributed by atoms with E-state index < -0.39 is 0 Å². The molecule has 0 saturated heterocycles. The SMILES string of the molecule is Cc1noc(C)c1COC(=O)CCc1nc(-c2ccc(C(C)C)cc2)no1. The van der Waals surface area contributed by atoms with E-state index in [-0.39, 0.29) is 19.0 Å². The van der Waals surface area contributed by atoms with Gasteiger partial charge in [-0.2, -0.15) is 4.98 Å². The summed E-state index contributed by atoms with van der Waals surface area (Å²) in [4.78, 5) is 16.3. The van der Waals surface area contributed by atoms with Crippen molar-refractivity contribution in [3.63, 3.8) is 0 Å². The van der Waals surface area contributed by atoms with Gasteiger partial charge in [0.25, 0.3) is 0 Å². The van der Waals surface area contributed by atoms with E-state index in [9.17, 15) is 4.79 Å². The molecule has 3 aromatic rings. The number of rotatable bonds is 7. The number of ether oxygens (including phenoxy) is 1. The van der Waals surface area contributed by atoms with Crippen molar-refractivity contribution in [1.29, 1.82) is 0 Å². The number of esters is 1. The third-order valence-corrected chi connectivity index (χ3v) is 4.41. The predicted octanol–water partition coefficient (Wildman–Crippen LogP) is 4.14. The molecule has 7 nitrogen and oxygen atoms in total. The minimum atomic E-state index is -0.337. The van der Waals surface area contributed by atoms with Gasteiger partial charge in [-0.3, -0.25) is 4.79 Å². The second-order valence-corrected chi connectivity index (χ2v) is 6.75. The topological polar surface area (TPSA) is 91.2 Å². The van der Waals surface area contributed by atoms with Crippen molar-refractivity contribution in [2.24, 2.45) is 0 Å². The number of aryl methyl sites for hydroxylation is 3. The molecule has 0 aliphatic rings. The van der Waals surface area contributed by atoms with E-state index in [0.29, 0.717) is 29.8 Å². The molecule has 0 unspecified atom stereocenters. The summed E-state index contributed by atoms with van der Waals surface area (Å²) >= 11 is 0. The van der Waals surface area contributed by atoms with Gasteiger partial charge in [-0.15, -0.1) is 0 Å². The molecule has 0 aliphatic carbocycles. The molecule has 0 radical (unpaired) electrons. The highest BCUT2D eigenvalue weighted by Gasteiger charge is 2.14. The Morgan fingerprint density at radius 3 is 2.48 bits per heavy atom. The second kappa shape index (κ2) is 8.16. The zero-order valence-electron chi connectivity index (χ0n) is 16.0. The number of carbonyl (C=O) groups is 1. The van der Waals surface area contributed by atoms with E-state index in [2.05, 4.69) is 41.3 Å². The Labute approximate surface area is 157 Å². The van der Waals surface area contributed by atoms with Crippen molar-refractivity contribution >= 4 is 5.97 Å². The molecule has 0 N–H and O–H groups in total. The maximum Gasteiger partial charge on any atom is 0.306 e. The normalized spacial score (nSPS) is 11.1. The number of benzene rings is 1. The quantitative estimate of drug-likeness (QED) is 0.578. The van der Waals surface area contributed by atoms with Crippen LogP contribution in [0.25, 0.3) is 11.4 Å². The first kappa shape index (κ1) is 18.8. The van der Waals surface area contributed by atoms with Crippen molar-refractivity contribution in [2.75, 3.05) is 0 Å². The minimum absolute atomic E-state index is 0.150. The largest absolute Gasteiger partial charge is 0.461 e. The Bertz CT molecular complexity index is 890. The second-order valence-electron chi connectivity index (χ2n) is 6.75. The fourth-order valence-electron chi connectivity index (χ4n) is 2.63. The van der Waals surface area contributed by atoms with Gasteiger partial charge in [0.15, 0.2) is 0 Å².